The van der Waals surface area contributed by atoms with Gasteiger partial charge >= 0.3 is 0 Å². The van der Waals surface area contributed by atoms with Crippen molar-refractivity contribution in [3.8, 4) is 6.07 Å². The number of halogens is 2. The van der Waals surface area contributed by atoms with E-state index in [0.29, 0.717) is 30.1 Å². The first kappa shape index (κ1) is 23.8. The molecule has 3 N–H and O–H groups in total. The minimum Gasteiger partial charge on any atom is -0.367 e. The molecule has 0 aromatic carbocycles. The Bertz CT molecular complexity index is 1130. The Morgan fingerprint density at radius 2 is 1.97 bits per heavy atom. The second-order valence-electron chi connectivity index (χ2n) is 8.64. The number of H-pyrrole nitrogens is 1. The molecule has 2 atom stereocenters. The molecule has 0 spiro atoms. The van der Waals surface area contributed by atoms with Gasteiger partial charge in [-0.3, -0.25) is 15.0 Å². The Morgan fingerprint density at radius 3 is 2.62 bits per heavy atom. The number of alkyl halides is 2. The van der Waals surface area contributed by atoms with Gasteiger partial charge in [-0.15, -0.1) is 0 Å². The van der Waals surface area contributed by atoms with Crippen LogP contribution in [0.3, 0.4) is 0 Å². The van der Waals surface area contributed by atoms with Crippen LogP contribution in [0.1, 0.15) is 58.1 Å². The fourth-order valence-corrected chi connectivity index (χ4v) is 4.87. The van der Waals surface area contributed by atoms with Crippen LogP contribution in [0.5, 0.6) is 0 Å². The summed E-state index contributed by atoms with van der Waals surface area (Å²) in [6.07, 6.45) is 3.58. The highest BCUT2D eigenvalue weighted by Crippen LogP contribution is 2.32. The predicted octanol–water partition coefficient (Wildman–Crippen LogP) is 5.38. The van der Waals surface area contributed by atoms with E-state index in [0.717, 1.165) is 43.1 Å². The van der Waals surface area contributed by atoms with Gasteiger partial charge in [0.1, 0.15) is 17.3 Å². The van der Waals surface area contributed by atoms with Crippen molar-refractivity contribution in [2.45, 2.75) is 70.5 Å². The molecule has 1 aliphatic heterocycles. The number of aromatic amines is 1. The lowest BCUT2D eigenvalue weighted by atomic mass is 9.88. The summed E-state index contributed by atoms with van der Waals surface area (Å²) in [5, 5.41) is 22.9. The molecule has 0 saturated carbocycles. The van der Waals surface area contributed by atoms with Gasteiger partial charge in [0.25, 0.3) is 6.43 Å². The van der Waals surface area contributed by atoms with Crippen LogP contribution in [0.2, 0.25) is 0 Å². The Hall–Kier alpha value is -3.32. The van der Waals surface area contributed by atoms with Crippen LogP contribution >= 0.6 is 0 Å². The highest BCUT2D eigenvalue weighted by molar-refractivity contribution is 5.91. The van der Waals surface area contributed by atoms with E-state index in [1.165, 1.54) is 6.07 Å². The normalized spacial score (nSPS) is 21.0. The zero-order valence-electron chi connectivity index (χ0n) is 19.4. The van der Waals surface area contributed by atoms with Crippen LogP contribution in [0.15, 0.2) is 30.5 Å². The number of pyridine rings is 2. The minimum atomic E-state index is -2.62. The quantitative estimate of drug-likeness (QED) is 0.387. The van der Waals surface area contributed by atoms with E-state index < -0.39 is 6.43 Å². The number of nitrogens with zero attached hydrogens (tertiary/aromatic N) is 5. The third-order valence-electron chi connectivity index (χ3n) is 6.50. The van der Waals surface area contributed by atoms with Crippen molar-refractivity contribution in [1.82, 2.24) is 25.1 Å². The number of piperidine rings is 1. The molecule has 2 unspecified atom stereocenters. The molecule has 0 bridgehead atoms. The molecule has 10 heteroatoms. The molecule has 1 fully saturated rings. The molecule has 1 aliphatic rings. The maximum absolute atomic E-state index is 12.9. The zero-order chi connectivity index (χ0) is 24.1. The second-order valence-corrected chi connectivity index (χ2v) is 8.64. The zero-order valence-corrected chi connectivity index (χ0v) is 19.4. The molecule has 0 radical (unpaired) electrons. The fraction of sp³-hybridized carbons (Fsp3) is 0.500. The lowest BCUT2D eigenvalue weighted by molar-refractivity contribution is 0.0735. The molecule has 4 heterocycles. The number of fused-ring (bicyclic) bond motifs is 1. The highest BCUT2D eigenvalue weighted by atomic mass is 19.3. The number of likely N-dealkylation sites (tertiary alicyclic amines) is 1. The third-order valence-corrected chi connectivity index (χ3v) is 6.50. The molecular formula is C24H30F2N8. The van der Waals surface area contributed by atoms with Crippen molar-refractivity contribution in [3.05, 3.63) is 36.2 Å². The van der Waals surface area contributed by atoms with Crippen LogP contribution in [-0.4, -0.2) is 49.7 Å². The molecule has 0 aliphatic carbocycles. The molecule has 34 heavy (non-hydrogen) atoms. The number of hydrogen-bond donors (Lipinski definition) is 3. The van der Waals surface area contributed by atoms with Crippen LogP contribution in [-0.2, 0) is 0 Å². The molecular weight excluding hydrogens is 438 g/mol. The maximum atomic E-state index is 12.9. The smallest absolute Gasteiger partial charge is 0.279 e. The van der Waals surface area contributed by atoms with Gasteiger partial charge in [-0.1, -0.05) is 13.8 Å². The average Bonchev–Trinajstić information content (AvgIpc) is 3.31. The molecule has 3 aromatic heterocycles. The first-order valence-corrected chi connectivity index (χ1v) is 11.8. The van der Waals surface area contributed by atoms with Crippen LogP contribution in [0.4, 0.5) is 26.2 Å². The molecule has 0 amide bonds. The summed E-state index contributed by atoms with van der Waals surface area (Å²) in [6.45, 7) is 5.19. The monoisotopic (exact) mass is 468 g/mol. The summed E-state index contributed by atoms with van der Waals surface area (Å²) >= 11 is 0. The largest absolute Gasteiger partial charge is 0.367 e. The van der Waals surface area contributed by atoms with Gasteiger partial charge in [0.2, 0.25) is 0 Å². The van der Waals surface area contributed by atoms with Crippen molar-refractivity contribution in [2.75, 3.05) is 17.2 Å². The van der Waals surface area contributed by atoms with Crippen molar-refractivity contribution in [1.29, 1.82) is 5.26 Å². The predicted molar refractivity (Wildman–Crippen MR) is 128 cm³/mol. The topological polar surface area (TPSA) is 106 Å². The van der Waals surface area contributed by atoms with E-state index in [1.54, 1.807) is 12.3 Å². The van der Waals surface area contributed by atoms with Gasteiger partial charge in [0.05, 0.1) is 11.6 Å². The van der Waals surface area contributed by atoms with Gasteiger partial charge in [0, 0.05) is 54.8 Å². The van der Waals surface area contributed by atoms with Crippen molar-refractivity contribution < 1.29 is 8.78 Å². The summed E-state index contributed by atoms with van der Waals surface area (Å²) < 4.78 is 25.8. The molecule has 3 aromatic rings. The standard InChI is InChI=1S/C24H30F2N8/c1-3-16-11-15(12-17(4-2)34(16)10-6-8-27)29-24-18-7-5-9-28-19(18)13-21(31-24)30-22-14-20(23(25)26)32-33-22/h5,7,9,13-17,23H,3-4,6,10-12H2,1-2H3,(H3,29,30,31,32,33). The summed E-state index contributed by atoms with van der Waals surface area (Å²) in [7, 11) is 0. The fourth-order valence-electron chi connectivity index (χ4n) is 4.87. The van der Waals surface area contributed by atoms with Gasteiger partial charge in [-0.05, 0) is 37.8 Å². The minimum absolute atomic E-state index is 0.218. The number of nitrogens with one attached hydrogen (secondary N) is 3. The first-order valence-electron chi connectivity index (χ1n) is 11.8. The molecule has 4 rings (SSSR count). The van der Waals surface area contributed by atoms with Crippen molar-refractivity contribution in [3.63, 3.8) is 0 Å². The third kappa shape index (κ3) is 5.25. The summed E-state index contributed by atoms with van der Waals surface area (Å²) in [6, 6.07) is 10.2. The number of anilines is 3. The highest BCUT2D eigenvalue weighted by Gasteiger charge is 2.33. The Morgan fingerprint density at radius 1 is 1.21 bits per heavy atom. The lowest BCUT2D eigenvalue weighted by Crippen LogP contribution is -2.52. The Balaban J connectivity index is 1.58. The number of nitriles is 1. The summed E-state index contributed by atoms with van der Waals surface area (Å²) in [5.74, 6) is 1.45. The van der Waals surface area contributed by atoms with Gasteiger partial charge in [-0.2, -0.15) is 10.4 Å². The van der Waals surface area contributed by atoms with E-state index >= 15 is 0 Å². The SMILES string of the molecule is CCC1CC(Nc2nc(Nc3cc(C(F)F)[nH]n3)cc3ncccc23)CC(CC)N1CCC#N. The van der Waals surface area contributed by atoms with E-state index in [2.05, 4.69) is 50.6 Å². The van der Waals surface area contributed by atoms with Crippen LogP contribution in [0, 0.1) is 11.3 Å². The van der Waals surface area contributed by atoms with E-state index in [1.807, 2.05) is 12.1 Å². The molecule has 180 valence electrons. The number of hydrogen-bond acceptors (Lipinski definition) is 7. The second kappa shape index (κ2) is 10.7. The maximum Gasteiger partial charge on any atom is 0.279 e. The molecule has 8 nitrogen and oxygen atoms in total. The van der Waals surface area contributed by atoms with E-state index in [-0.39, 0.29) is 17.6 Å². The van der Waals surface area contributed by atoms with Crippen LogP contribution in [0.25, 0.3) is 10.9 Å². The Kier molecular flexibility index (Phi) is 7.53. The van der Waals surface area contributed by atoms with Crippen molar-refractivity contribution in [2.24, 2.45) is 0 Å². The number of rotatable bonds is 9. The van der Waals surface area contributed by atoms with Gasteiger partial charge < -0.3 is 10.6 Å². The van der Waals surface area contributed by atoms with Gasteiger partial charge in [0.15, 0.2) is 5.82 Å². The lowest BCUT2D eigenvalue weighted by Gasteiger charge is -2.45. The van der Waals surface area contributed by atoms with Crippen LogP contribution < -0.4 is 10.6 Å². The summed E-state index contributed by atoms with van der Waals surface area (Å²) in [4.78, 5) is 11.7. The number of aromatic nitrogens is 4. The van der Waals surface area contributed by atoms with Crippen molar-refractivity contribution >= 4 is 28.4 Å². The van der Waals surface area contributed by atoms with E-state index in [9.17, 15) is 8.78 Å². The van der Waals surface area contributed by atoms with Gasteiger partial charge in [-0.25, -0.2) is 13.8 Å². The Labute approximate surface area is 197 Å². The molecule has 1 saturated heterocycles. The van der Waals surface area contributed by atoms with E-state index in [4.69, 9.17) is 10.2 Å². The summed E-state index contributed by atoms with van der Waals surface area (Å²) in [5.41, 5.74) is 0.497. The average molecular weight is 469 g/mol. The first-order chi connectivity index (χ1) is 16.5.